The van der Waals surface area contributed by atoms with E-state index < -0.39 is 27.1 Å². The van der Waals surface area contributed by atoms with Crippen molar-refractivity contribution >= 4 is 50.7 Å². The number of thioether (sulfide) groups is 1. The second-order valence-corrected chi connectivity index (χ2v) is 10.2. The molecule has 1 aliphatic rings. The van der Waals surface area contributed by atoms with E-state index in [1.54, 1.807) is 12.1 Å². The molecule has 1 aliphatic heterocycles. The molecule has 0 aromatic heterocycles. The number of amides is 3. The molecule has 11 heteroatoms. The monoisotopic (exact) mass is 526 g/mol. The molecule has 36 heavy (non-hydrogen) atoms. The smallest absolute Gasteiger partial charge is 0.339 e. The van der Waals surface area contributed by atoms with Crippen LogP contribution in [0.25, 0.3) is 6.08 Å². The molecule has 1 heterocycles. The van der Waals surface area contributed by atoms with E-state index in [9.17, 15) is 27.2 Å². The van der Waals surface area contributed by atoms with Gasteiger partial charge in [0, 0.05) is 12.6 Å². The van der Waals surface area contributed by atoms with Crippen molar-refractivity contribution in [1.29, 1.82) is 0 Å². The maximum absolute atomic E-state index is 13.1. The highest BCUT2D eigenvalue weighted by Crippen LogP contribution is 2.34. The quantitative estimate of drug-likeness (QED) is 0.348. The molecule has 4 rings (SSSR count). The number of carbonyl (C=O) groups excluding carboxylic acids is 3. The molecule has 1 N–H and O–H groups in total. The molecule has 1 saturated heterocycles. The summed E-state index contributed by atoms with van der Waals surface area (Å²) in [5.74, 6) is -1.20. The van der Waals surface area contributed by atoms with Crippen LogP contribution in [0.5, 0.6) is 5.75 Å². The summed E-state index contributed by atoms with van der Waals surface area (Å²) in [6, 6.07) is 17.1. The zero-order valence-electron chi connectivity index (χ0n) is 18.8. The Kier molecular flexibility index (Phi) is 7.22. The van der Waals surface area contributed by atoms with Gasteiger partial charge in [0.2, 0.25) is 5.91 Å². The highest BCUT2D eigenvalue weighted by Gasteiger charge is 2.35. The second-order valence-electron chi connectivity index (χ2n) is 7.71. The van der Waals surface area contributed by atoms with Gasteiger partial charge in [-0.25, -0.2) is 4.39 Å². The lowest BCUT2D eigenvalue weighted by atomic mass is 10.2. The third-order valence-electron chi connectivity index (χ3n) is 4.95. The van der Waals surface area contributed by atoms with Gasteiger partial charge in [-0.1, -0.05) is 24.3 Å². The molecule has 3 amide bonds. The molecule has 184 valence electrons. The van der Waals surface area contributed by atoms with Crippen LogP contribution in [0.1, 0.15) is 18.1 Å². The summed E-state index contributed by atoms with van der Waals surface area (Å²) in [7, 11) is -4.16. The van der Waals surface area contributed by atoms with Gasteiger partial charge in [-0.05, 0) is 77.5 Å². The Labute approximate surface area is 210 Å². The SMILES string of the molecule is CC(=O)Nc1ccc(S(=O)(=O)Oc2cccc(/C=C3\SC(=O)N(Cc4ccc(F)cc4)C3=O)c2)cc1. The normalized spacial score (nSPS) is 14.8. The molecule has 0 radical (unpaired) electrons. The van der Waals surface area contributed by atoms with E-state index in [1.807, 2.05) is 0 Å². The van der Waals surface area contributed by atoms with Crippen LogP contribution in [0.4, 0.5) is 14.9 Å². The number of benzene rings is 3. The number of anilines is 1. The predicted molar refractivity (Wildman–Crippen MR) is 133 cm³/mol. The van der Waals surface area contributed by atoms with Gasteiger partial charge in [-0.3, -0.25) is 19.3 Å². The number of halogens is 1. The van der Waals surface area contributed by atoms with Crippen LogP contribution in [0.3, 0.4) is 0 Å². The van der Waals surface area contributed by atoms with Gasteiger partial charge in [0.15, 0.2) is 0 Å². The molecule has 1 fully saturated rings. The van der Waals surface area contributed by atoms with Crippen LogP contribution < -0.4 is 9.50 Å². The molecule has 8 nitrogen and oxygen atoms in total. The molecule has 3 aromatic rings. The van der Waals surface area contributed by atoms with E-state index in [4.69, 9.17) is 4.18 Å². The average Bonchev–Trinajstić information content (AvgIpc) is 3.07. The molecule has 0 saturated carbocycles. The number of rotatable bonds is 7. The fourth-order valence-electron chi connectivity index (χ4n) is 3.30. The van der Waals surface area contributed by atoms with Gasteiger partial charge in [0.1, 0.15) is 16.5 Å². The minimum Gasteiger partial charge on any atom is -0.379 e. The highest BCUT2D eigenvalue weighted by atomic mass is 32.2. The molecule has 0 aliphatic carbocycles. The number of nitrogens with one attached hydrogen (secondary N) is 1. The summed E-state index contributed by atoms with van der Waals surface area (Å²) in [6.45, 7) is 1.34. The van der Waals surface area contributed by atoms with Crippen molar-refractivity contribution in [3.8, 4) is 5.75 Å². The van der Waals surface area contributed by atoms with Gasteiger partial charge < -0.3 is 9.50 Å². The Balaban J connectivity index is 1.49. The van der Waals surface area contributed by atoms with Crippen LogP contribution in [-0.2, 0) is 26.3 Å². The lowest BCUT2D eigenvalue weighted by Gasteiger charge is -2.12. The fraction of sp³-hybridized carbons (Fsp3) is 0.0800. The van der Waals surface area contributed by atoms with Crippen LogP contribution in [-0.4, -0.2) is 30.4 Å². The first kappa shape index (κ1) is 25.1. The lowest BCUT2D eigenvalue weighted by Crippen LogP contribution is -2.27. The lowest BCUT2D eigenvalue weighted by molar-refractivity contribution is -0.123. The maximum Gasteiger partial charge on any atom is 0.339 e. The summed E-state index contributed by atoms with van der Waals surface area (Å²) < 4.78 is 43.7. The number of imide groups is 1. The molecule has 0 atom stereocenters. The molecule has 0 spiro atoms. The number of hydrogen-bond donors (Lipinski definition) is 1. The summed E-state index contributed by atoms with van der Waals surface area (Å²) in [5.41, 5.74) is 1.50. The second kappa shape index (κ2) is 10.3. The van der Waals surface area contributed by atoms with Crippen molar-refractivity contribution in [1.82, 2.24) is 4.90 Å². The van der Waals surface area contributed by atoms with E-state index in [2.05, 4.69) is 5.32 Å². The average molecular weight is 527 g/mol. The molecular formula is C25H19FN2O6S2. The van der Waals surface area contributed by atoms with Crippen molar-refractivity contribution in [3.63, 3.8) is 0 Å². The zero-order valence-corrected chi connectivity index (χ0v) is 20.4. The summed E-state index contributed by atoms with van der Waals surface area (Å²) in [6.07, 6.45) is 1.47. The van der Waals surface area contributed by atoms with Crippen LogP contribution >= 0.6 is 11.8 Å². The first-order chi connectivity index (χ1) is 17.1. The number of hydrogen-bond acceptors (Lipinski definition) is 7. The van der Waals surface area contributed by atoms with Crippen molar-refractivity contribution < 1.29 is 31.4 Å². The van der Waals surface area contributed by atoms with Gasteiger partial charge in [-0.15, -0.1) is 0 Å². The van der Waals surface area contributed by atoms with Crippen molar-refractivity contribution in [2.45, 2.75) is 18.4 Å². The van der Waals surface area contributed by atoms with Crippen molar-refractivity contribution in [2.24, 2.45) is 0 Å². The molecule has 0 unspecified atom stereocenters. The zero-order chi connectivity index (χ0) is 25.9. The van der Waals surface area contributed by atoms with Crippen LogP contribution in [0.2, 0.25) is 0 Å². The fourth-order valence-corrected chi connectivity index (χ4v) is 5.06. The van der Waals surface area contributed by atoms with E-state index in [0.29, 0.717) is 16.8 Å². The summed E-state index contributed by atoms with van der Waals surface area (Å²) in [5, 5.41) is 2.08. The predicted octanol–water partition coefficient (Wildman–Crippen LogP) is 4.79. The first-order valence-electron chi connectivity index (χ1n) is 10.5. The van der Waals surface area contributed by atoms with Gasteiger partial charge in [0.05, 0.1) is 11.4 Å². The van der Waals surface area contributed by atoms with Crippen molar-refractivity contribution in [3.05, 3.63) is 94.6 Å². The Morgan fingerprint density at radius 3 is 2.42 bits per heavy atom. The highest BCUT2D eigenvalue weighted by molar-refractivity contribution is 8.18. The van der Waals surface area contributed by atoms with E-state index in [0.717, 1.165) is 16.7 Å². The topological polar surface area (TPSA) is 110 Å². The third-order valence-corrected chi connectivity index (χ3v) is 7.12. The van der Waals surface area contributed by atoms with Crippen molar-refractivity contribution in [2.75, 3.05) is 5.32 Å². The van der Waals surface area contributed by atoms with Gasteiger partial charge in [-0.2, -0.15) is 8.42 Å². The standard InChI is InChI=1S/C25H19FN2O6S2/c1-16(29)27-20-9-11-22(12-10-20)36(32,33)34-21-4-2-3-18(13-21)14-23-24(30)28(25(31)35-23)15-17-5-7-19(26)8-6-17/h2-14H,15H2,1H3,(H,27,29)/b23-14-. The molecular weight excluding hydrogens is 507 g/mol. The summed E-state index contributed by atoms with van der Waals surface area (Å²) in [4.78, 5) is 37.4. The van der Waals surface area contributed by atoms with Crippen LogP contribution in [0.15, 0.2) is 82.6 Å². The minimum atomic E-state index is -4.16. The van der Waals surface area contributed by atoms with E-state index in [1.165, 1.54) is 73.7 Å². The van der Waals surface area contributed by atoms with Gasteiger partial charge in [0.25, 0.3) is 11.1 Å². The number of nitrogens with zero attached hydrogens (tertiary/aromatic N) is 1. The van der Waals surface area contributed by atoms with Gasteiger partial charge >= 0.3 is 10.1 Å². The van der Waals surface area contributed by atoms with Crippen LogP contribution in [0, 0.1) is 5.82 Å². The van der Waals surface area contributed by atoms with E-state index >= 15 is 0 Å². The molecule has 0 bridgehead atoms. The Morgan fingerprint density at radius 2 is 1.75 bits per heavy atom. The largest absolute Gasteiger partial charge is 0.379 e. The minimum absolute atomic E-state index is 0.00437. The Bertz CT molecular complexity index is 1470. The summed E-state index contributed by atoms with van der Waals surface area (Å²) >= 11 is 0.756. The maximum atomic E-state index is 13.1. The Morgan fingerprint density at radius 1 is 1.06 bits per heavy atom. The van der Waals surface area contributed by atoms with E-state index in [-0.39, 0.29) is 28.0 Å². The number of carbonyl (C=O) groups is 3. The first-order valence-corrected chi connectivity index (χ1v) is 12.8. The Hall–Kier alpha value is -3.96. The molecule has 3 aromatic carbocycles. The third kappa shape index (κ3) is 5.99.